The number of rotatable bonds is 5. The van der Waals surface area contributed by atoms with Crippen LogP contribution in [0.25, 0.3) is 78.1 Å². The maximum Gasteiger partial charge on any atom is 0.160 e. The molecule has 0 unspecified atom stereocenters. The van der Waals surface area contributed by atoms with Crippen LogP contribution in [0.5, 0.6) is 0 Å². The molecule has 8 aromatic rings. The predicted molar refractivity (Wildman–Crippen MR) is 202 cm³/mol. The molecule has 0 bridgehead atoms. The third-order valence-corrected chi connectivity index (χ3v) is 10.0. The number of fused-ring (bicyclic) bond motifs is 5. The van der Waals surface area contributed by atoms with Gasteiger partial charge in [-0.05, 0) is 67.4 Å². The summed E-state index contributed by atoms with van der Waals surface area (Å²) >= 11 is 0. The summed E-state index contributed by atoms with van der Waals surface area (Å²) in [5.74, 6) is 0.708. The van der Waals surface area contributed by atoms with Gasteiger partial charge in [-0.1, -0.05) is 153 Å². The first-order valence-corrected chi connectivity index (χ1v) is 16.8. The summed E-state index contributed by atoms with van der Waals surface area (Å²) in [7, 11) is 0. The molecule has 0 N–H and O–H groups in total. The predicted octanol–water partition coefficient (Wildman–Crippen LogP) is 11.7. The van der Waals surface area contributed by atoms with E-state index >= 15 is 0 Å². The van der Waals surface area contributed by atoms with E-state index in [0.717, 1.165) is 39.2 Å². The molecule has 0 aliphatic heterocycles. The molecule has 0 saturated heterocycles. The van der Waals surface area contributed by atoms with Crippen LogP contribution >= 0.6 is 0 Å². The highest BCUT2D eigenvalue weighted by atomic mass is 14.9. The van der Waals surface area contributed by atoms with Gasteiger partial charge in [-0.2, -0.15) is 0 Å². The van der Waals surface area contributed by atoms with Gasteiger partial charge in [-0.25, -0.2) is 9.97 Å². The molecule has 1 aliphatic rings. The maximum absolute atomic E-state index is 5.09. The van der Waals surface area contributed by atoms with Crippen LogP contribution in [0.15, 0.2) is 164 Å². The Hall–Kier alpha value is -6.19. The Labute approximate surface area is 286 Å². The summed E-state index contributed by atoms with van der Waals surface area (Å²) in [4.78, 5) is 14.4. The van der Waals surface area contributed by atoms with Crippen molar-refractivity contribution in [2.75, 3.05) is 0 Å². The van der Waals surface area contributed by atoms with Gasteiger partial charge < -0.3 is 0 Å². The first kappa shape index (κ1) is 29.0. The third kappa shape index (κ3) is 4.94. The van der Waals surface area contributed by atoms with Gasteiger partial charge in [-0.15, -0.1) is 0 Å². The Kier molecular flexibility index (Phi) is 6.80. The zero-order valence-electron chi connectivity index (χ0n) is 27.4. The van der Waals surface area contributed by atoms with Crippen molar-refractivity contribution in [3.8, 4) is 67.3 Å². The quantitative estimate of drug-likeness (QED) is 0.191. The van der Waals surface area contributed by atoms with E-state index < -0.39 is 0 Å². The zero-order valence-corrected chi connectivity index (χ0v) is 27.4. The molecule has 6 aromatic carbocycles. The van der Waals surface area contributed by atoms with Gasteiger partial charge in [0.1, 0.15) is 0 Å². The lowest BCUT2D eigenvalue weighted by molar-refractivity contribution is 0.661. The van der Waals surface area contributed by atoms with Crippen LogP contribution in [0.3, 0.4) is 0 Å². The van der Waals surface area contributed by atoms with Gasteiger partial charge in [0.05, 0.1) is 11.4 Å². The lowest BCUT2D eigenvalue weighted by Gasteiger charge is -2.21. The summed E-state index contributed by atoms with van der Waals surface area (Å²) in [6.45, 7) is 4.70. The number of aromatic nitrogens is 3. The third-order valence-electron chi connectivity index (χ3n) is 10.0. The van der Waals surface area contributed by atoms with E-state index in [1.54, 1.807) is 6.20 Å². The first-order valence-electron chi connectivity index (χ1n) is 16.8. The minimum atomic E-state index is -0.0773. The highest BCUT2D eigenvalue weighted by Crippen LogP contribution is 2.54. The van der Waals surface area contributed by atoms with E-state index in [1.807, 2.05) is 30.5 Å². The first-order chi connectivity index (χ1) is 24.0. The Bertz CT molecular complexity index is 2480. The number of benzene rings is 6. The van der Waals surface area contributed by atoms with Crippen molar-refractivity contribution in [3.63, 3.8) is 0 Å². The lowest BCUT2D eigenvalue weighted by Crippen LogP contribution is -2.14. The van der Waals surface area contributed by atoms with Gasteiger partial charge in [-0.3, -0.25) is 4.98 Å². The molecule has 0 saturated carbocycles. The van der Waals surface area contributed by atoms with Gasteiger partial charge in [0.25, 0.3) is 0 Å². The van der Waals surface area contributed by atoms with Crippen molar-refractivity contribution in [1.82, 2.24) is 15.0 Å². The Morgan fingerprint density at radius 1 is 0.449 bits per heavy atom. The molecule has 0 amide bonds. The number of hydrogen-bond donors (Lipinski definition) is 0. The Morgan fingerprint density at radius 3 is 1.80 bits per heavy atom. The smallest absolute Gasteiger partial charge is 0.160 e. The van der Waals surface area contributed by atoms with Crippen molar-refractivity contribution in [2.45, 2.75) is 19.3 Å². The fraction of sp³-hybridized carbons (Fsp3) is 0.0652. The van der Waals surface area contributed by atoms with Crippen LogP contribution in [-0.4, -0.2) is 15.0 Å². The molecule has 3 nitrogen and oxygen atoms in total. The van der Waals surface area contributed by atoms with Gasteiger partial charge in [0, 0.05) is 34.5 Å². The van der Waals surface area contributed by atoms with Gasteiger partial charge in [0.15, 0.2) is 5.82 Å². The largest absolute Gasteiger partial charge is 0.264 e. The average Bonchev–Trinajstić information content (AvgIpc) is 3.42. The van der Waals surface area contributed by atoms with Gasteiger partial charge in [0.2, 0.25) is 0 Å². The van der Waals surface area contributed by atoms with E-state index in [1.165, 1.54) is 44.2 Å². The molecule has 232 valence electrons. The van der Waals surface area contributed by atoms with Crippen LogP contribution in [0.4, 0.5) is 0 Å². The van der Waals surface area contributed by atoms with Crippen LogP contribution in [-0.2, 0) is 5.41 Å². The standard InChI is InChI=1S/C46H33N3/c1-46(2)39-16-8-15-38(43(39)44-37-14-7-6-10-31(37)25-26-40(44)46)32-19-23-34(24-20-32)42-28-41(48-45(49-42)35-11-4-3-5-12-35)33-21-17-30(18-22-33)36-13-9-27-47-29-36/h3-29H,1-2H3. The highest BCUT2D eigenvalue weighted by Gasteiger charge is 2.37. The number of nitrogens with zero attached hydrogens (tertiary/aromatic N) is 3. The number of hydrogen-bond acceptors (Lipinski definition) is 3. The molecule has 1 aliphatic carbocycles. The minimum absolute atomic E-state index is 0.0773. The molecule has 49 heavy (non-hydrogen) atoms. The minimum Gasteiger partial charge on any atom is -0.264 e. The molecule has 0 fully saturated rings. The SMILES string of the molecule is CC1(C)c2cccc(-c3ccc(-c4cc(-c5ccc(-c6cccnc6)cc5)nc(-c5ccccc5)n4)cc3)c2-c2c1ccc1ccccc21. The van der Waals surface area contributed by atoms with Crippen LogP contribution in [0.2, 0.25) is 0 Å². The van der Waals surface area contributed by atoms with Crippen molar-refractivity contribution in [3.05, 3.63) is 175 Å². The van der Waals surface area contributed by atoms with E-state index in [2.05, 4.69) is 146 Å². The normalized spacial score (nSPS) is 12.9. The summed E-state index contributed by atoms with van der Waals surface area (Å²) in [5, 5.41) is 2.59. The van der Waals surface area contributed by atoms with Gasteiger partial charge >= 0.3 is 0 Å². The molecule has 9 rings (SSSR count). The molecule has 0 spiro atoms. The van der Waals surface area contributed by atoms with E-state index in [9.17, 15) is 0 Å². The summed E-state index contributed by atoms with van der Waals surface area (Å²) in [6, 6.07) is 53.9. The van der Waals surface area contributed by atoms with Crippen molar-refractivity contribution in [2.24, 2.45) is 0 Å². The molecule has 2 heterocycles. The monoisotopic (exact) mass is 627 g/mol. The van der Waals surface area contributed by atoms with E-state index in [0.29, 0.717) is 5.82 Å². The second kappa shape index (κ2) is 11.5. The van der Waals surface area contributed by atoms with Crippen molar-refractivity contribution in [1.29, 1.82) is 0 Å². The molecular weight excluding hydrogens is 595 g/mol. The average molecular weight is 628 g/mol. The second-order valence-electron chi connectivity index (χ2n) is 13.3. The molecule has 2 aromatic heterocycles. The Balaban J connectivity index is 1.14. The van der Waals surface area contributed by atoms with Crippen LogP contribution in [0.1, 0.15) is 25.0 Å². The van der Waals surface area contributed by atoms with E-state index in [-0.39, 0.29) is 5.41 Å². The fourth-order valence-corrected chi connectivity index (χ4v) is 7.44. The molecular formula is C46H33N3. The number of pyridine rings is 1. The van der Waals surface area contributed by atoms with Crippen LogP contribution < -0.4 is 0 Å². The highest BCUT2D eigenvalue weighted by molar-refractivity contribution is 6.06. The maximum atomic E-state index is 5.09. The van der Waals surface area contributed by atoms with E-state index in [4.69, 9.17) is 9.97 Å². The van der Waals surface area contributed by atoms with Crippen molar-refractivity contribution < 1.29 is 0 Å². The summed E-state index contributed by atoms with van der Waals surface area (Å²) < 4.78 is 0. The molecule has 0 atom stereocenters. The lowest BCUT2D eigenvalue weighted by atomic mass is 9.81. The summed E-state index contributed by atoms with van der Waals surface area (Å²) in [5.41, 5.74) is 14.9. The fourth-order valence-electron chi connectivity index (χ4n) is 7.44. The zero-order chi connectivity index (χ0) is 33.0. The Morgan fingerprint density at radius 2 is 1.08 bits per heavy atom. The van der Waals surface area contributed by atoms with Crippen LogP contribution in [0, 0.1) is 0 Å². The molecule has 3 heteroatoms. The molecule has 0 radical (unpaired) electrons. The summed E-state index contributed by atoms with van der Waals surface area (Å²) in [6.07, 6.45) is 3.69. The topological polar surface area (TPSA) is 38.7 Å². The second-order valence-corrected chi connectivity index (χ2v) is 13.3. The van der Waals surface area contributed by atoms with Crippen molar-refractivity contribution >= 4 is 10.8 Å².